The van der Waals surface area contributed by atoms with E-state index in [1.54, 1.807) is 0 Å². The SMILES string of the molecule is C=C1CCCNC1=O. The van der Waals surface area contributed by atoms with E-state index in [1.165, 1.54) is 0 Å². The average molecular weight is 111 g/mol. The van der Waals surface area contributed by atoms with Crippen LogP contribution in [0.25, 0.3) is 0 Å². The normalized spacial score (nSPS) is 20.5. The molecule has 0 aromatic rings. The first-order valence-corrected chi connectivity index (χ1v) is 2.76. The van der Waals surface area contributed by atoms with Gasteiger partial charge in [0.15, 0.2) is 0 Å². The number of carbonyl (C=O) groups excluding carboxylic acids is 1. The van der Waals surface area contributed by atoms with E-state index < -0.39 is 0 Å². The molecule has 0 saturated carbocycles. The molecule has 1 N–H and O–H groups in total. The summed E-state index contributed by atoms with van der Waals surface area (Å²) in [5.41, 5.74) is 0.719. The molecule has 0 atom stereocenters. The predicted octanol–water partition coefficient (Wildman–Crippen LogP) is 0.453. The molecule has 1 aliphatic rings. The fourth-order valence-corrected chi connectivity index (χ4v) is 0.742. The van der Waals surface area contributed by atoms with Gasteiger partial charge in [0.2, 0.25) is 5.91 Å². The molecule has 1 rings (SSSR count). The van der Waals surface area contributed by atoms with Crippen LogP contribution in [0.1, 0.15) is 12.8 Å². The number of piperidine rings is 1. The van der Waals surface area contributed by atoms with Crippen LogP contribution in [0.5, 0.6) is 0 Å². The molecular weight excluding hydrogens is 102 g/mol. The summed E-state index contributed by atoms with van der Waals surface area (Å²) < 4.78 is 0. The van der Waals surface area contributed by atoms with Crippen molar-refractivity contribution in [3.8, 4) is 0 Å². The van der Waals surface area contributed by atoms with Crippen molar-refractivity contribution in [1.29, 1.82) is 0 Å². The zero-order valence-electron chi connectivity index (χ0n) is 4.74. The van der Waals surface area contributed by atoms with Gasteiger partial charge in [-0.05, 0) is 12.8 Å². The van der Waals surface area contributed by atoms with Gasteiger partial charge in [-0.15, -0.1) is 0 Å². The van der Waals surface area contributed by atoms with Crippen LogP contribution >= 0.6 is 0 Å². The summed E-state index contributed by atoms with van der Waals surface area (Å²) in [5.74, 6) is 0.0243. The van der Waals surface area contributed by atoms with E-state index in [-0.39, 0.29) is 5.91 Å². The second kappa shape index (κ2) is 1.99. The maximum Gasteiger partial charge on any atom is 0.246 e. The molecule has 0 aromatic heterocycles. The minimum atomic E-state index is 0.0243. The van der Waals surface area contributed by atoms with Crippen molar-refractivity contribution < 1.29 is 4.79 Å². The van der Waals surface area contributed by atoms with E-state index in [0.29, 0.717) is 0 Å². The summed E-state index contributed by atoms with van der Waals surface area (Å²) in [6.45, 7) is 4.40. The lowest BCUT2D eigenvalue weighted by Crippen LogP contribution is -2.30. The van der Waals surface area contributed by atoms with Gasteiger partial charge in [0.25, 0.3) is 0 Å². The molecule has 0 aliphatic carbocycles. The summed E-state index contributed by atoms with van der Waals surface area (Å²) in [6, 6.07) is 0. The van der Waals surface area contributed by atoms with Crippen molar-refractivity contribution in [3.63, 3.8) is 0 Å². The highest BCUT2D eigenvalue weighted by atomic mass is 16.1. The van der Waals surface area contributed by atoms with E-state index in [9.17, 15) is 4.79 Å². The van der Waals surface area contributed by atoms with Crippen molar-refractivity contribution in [2.45, 2.75) is 12.8 Å². The lowest BCUT2D eigenvalue weighted by atomic mass is 10.1. The van der Waals surface area contributed by atoms with E-state index in [4.69, 9.17) is 0 Å². The first kappa shape index (κ1) is 5.35. The Bertz CT molecular complexity index is 112. The lowest BCUT2D eigenvalue weighted by molar-refractivity contribution is -0.118. The Morgan fingerprint density at radius 3 is 2.75 bits per heavy atom. The summed E-state index contributed by atoms with van der Waals surface area (Å²) in [5, 5.41) is 2.69. The van der Waals surface area contributed by atoms with E-state index in [2.05, 4.69) is 11.9 Å². The molecule has 2 heteroatoms. The van der Waals surface area contributed by atoms with Crippen LogP contribution < -0.4 is 5.32 Å². The fourth-order valence-electron chi connectivity index (χ4n) is 0.742. The molecule has 1 amide bonds. The van der Waals surface area contributed by atoms with Crippen molar-refractivity contribution in [2.24, 2.45) is 0 Å². The number of amides is 1. The first-order valence-electron chi connectivity index (χ1n) is 2.76. The van der Waals surface area contributed by atoms with Crippen LogP contribution in [0, 0.1) is 0 Å². The molecule has 1 fully saturated rings. The van der Waals surface area contributed by atoms with Gasteiger partial charge in [0, 0.05) is 12.1 Å². The number of hydrogen-bond acceptors (Lipinski definition) is 1. The quantitative estimate of drug-likeness (QED) is 0.452. The third-order valence-corrected chi connectivity index (χ3v) is 1.26. The Morgan fingerprint density at radius 2 is 2.38 bits per heavy atom. The monoisotopic (exact) mass is 111 g/mol. The van der Waals surface area contributed by atoms with Crippen LogP contribution in [-0.4, -0.2) is 12.5 Å². The summed E-state index contributed by atoms with van der Waals surface area (Å²) >= 11 is 0. The Hall–Kier alpha value is -0.790. The molecule has 0 aromatic carbocycles. The topological polar surface area (TPSA) is 29.1 Å². The number of rotatable bonds is 0. The number of nitrogens with one attached hydrogen (secondary N) is 1. The molecular formula is C6H9NO. The highest BCUT2D eigenvalue weighted by Gasteiger charge is 2.09. The standard InChI is InChI=1S/C6H9NO/c1-5-3-2-4-7-6(5)8/h1-4H2,(H,7,8). The minimum absolute atomic E-state index is 0.0243. The third-order valence-electron chi connectivity index (χ3n) is 1.26. The van der Waals surface area contributed by atoms with Gasteiger partial charge in [0.1, 0.15) is 0 Å². The molecule has 0 radical (unpaired) electrons. The molecule has 8 heavy (non-hydrogen) atoms. The van der Waals surface area contributed by atoms with Crippen molar-refractivity contribution in [3.05, 3.63) is 12.2 Å². The molecule has 0 unspecified atom stereocenters. The Morgan fingerprint density at radius 1 is 1.62 bits per heavy atom. The number of hydrogen-bond donors (Lipinski definition) is 1. The van der Waals surface area contributed by atoms with Gasteiger partial charge >= 0.3 is 0 Å². The van der Waals surface area contributed by atoms with E-state index >= 15 is 0 Å². The Labute approximate surface area is 48.6 Å². The van der Waals surface area contributed by atoms with Gasteiger partial charge < -0.3 is 5.32 Å². The Balaban J connectivity index is 2.52. The van der Waals surface area contributed by atoms with Crippen LogP contribution in [0.2, 0.25) is 0 Å². The molecule has 0 bridgehead atoms. The van der Waals surface area contributed by atoms with Gasteiger partial charge in [-0.25, -0.2) is 0 Å². The highest BCUT2D eigenvalue weighted by Crippen LogP contribution is 2.05. The maximum atomic E-state index is 10.6. The van der Waals surface area contributed by atoms with Crippen molar-refractivity contribution >= 4 is 5.91 Å². The van der Waals surface area contributed by atoms with Crippen LogP contribution in [0.4, 0.5) is 0 Å². The van der Waals surface area contributed by atoms with E-state index in [0.717, 1.165) is 25.0 Å². The Kier molecular flexibility index (Phi) is 1.33. The maximum absolute atomic E-state index is 10.6. The second-order valence-electron chi connectivity index (χ2n) is 1.96. The summed E-state index contributed by atoms with van der Waals surface area (Å²) in [6.07, 6.45) is 1.91. The smallest absolute Gasteiger partial charge is 0.246 e. The first-order chi connectivity index (χ1) is 3.80. The fraction of sp³-hybridized carbons (Fsp3) is 0.500. The summed E-state index contributed by atoms with van der Waals surface area (Å²) in [4.78, 5) is 10.6. The third kappa shape index (κ3) is 0.886. The zero-order valence-corrected chi connectivity index (χ0v) is 4.74. The highest BCUT2D eigenvalue weighted by molar-refractivity contribution is 5.93. The molecule has 1 aliphatic heterocycles. The van der Waals surface area contributed by atoms with Crippen molar-refractivity contribution in [1.82, 2.24) is 5.32 Å². The molecule has 1 heterocycles. The lowest BCUT2D eigenvalue weighted by Gasteiger charge is -2.12. The van der Waals surface area contributed by atoms with Gasteiger partial charge in [0.05, 0.1) is 0 Å². The van der Waals surface area contributed by atoms with Gasteiger partial charge in [-0.3, -0.25) is 4.79 Å². The van der Waals surface area contributed by atoms with Gasteiger partial charge in [-0.2, -0.15) is 0 Å². The van der Waals surface area contributed by atoms with Crippen molar-refractivity contribution in [2.75, 3.05) is 6.54 Å². The van der Waals surface area contributed by atoms with Gasteiger partial charge in [-0.1, -0.05) is 6.58 Å². The van der Waals surface area contributed by atoms with Crippen LogP contribution in [0.3, 0.4) is 0 Å². The molecule has 2 nitrogen and oxygen atoms in total. The van der Waals surface area contributed by atoms with Crippen LogP contribution in [-0.2, 0) is 4.79 Å². The van der Waals surface area contributed by atoms with E-state index in [1.807, 2.05) is 0 Å². The molecule has 1 saturated heterocycles. The zero-order chi connectivity index (χ0) is 5.98. The molecule has 0 spiro atoms. The average Bonchev–Trinajstić information content (AvgIpc) is 1.77. The second-order valence-corrected chi connectivity index (χ2v) is 1.96. The predicted molar refractivity (Wildman–Crippen MR) is 31.4 cm³/mol. The largest absolute Gasteiger partial charge is 0.352 e. The van der Waals surface area contributed by atoms with Crippen LogP contribution in [0.15, 0.2) is 12.2 Å². The minimum Gasteiger partial charge on any atom is -0.352 e. The summed E-state index contributed by atoms with van der Waals surface area (Å²) in [7, 11) is 0. The number of carbonyl (C=O) groups is 1. The molecule has 44 valence electrons.